The number of imidazole rings is 1. The molecule has 1 aromatic heterocycles. The van der Waals surface area contributed by atoms with E-state index < -0.39 is 0 Å². The molecule has 0 aliphatic carbocycles. The smallest absolute Gasteiger partial charge is 0.191 e. The van der Waals surface area contributed by atoms with Crippen LogP contribution in [0.2, 0.25) is 0 Å². The first-order valence-electron chi connectivity index (χ1n) is 11.0. The Morgan fingerprint density at radius 2 is 1.91 bits per heavy atom. The lowest BCUT2D eigenvalue weighted by molar-refractivity contribution is 0.310. The Kier molecular flexibility index (Phi) is 11.6. The summed E-state index contributed by atoms with van der Waals surface area (Å²) < 4.78 is 13.1. The fourth-order valence-corrected chi connectivity index (χ4v) is 3.48. The van der Waals surface area contributed by atoms with E-state index in [4.69, 9.17) is 9.47 Å². The van der Waals surface area contributed by atoms with Crippen molar-refractivity contribution in [2.45, 2.75) is 32.9 Å². The van der Waals surface area contributed by atoms with Gasteiger partial charge in [0.2, 0.25) is 0 Å². The number of aryl methyl sites for hydroxylation is 1. The van der Waals surface area contributed by atoms with Crippen molar-refractivity contribution in [1.29, 1.82) is 0 Å². The van der Waals surface area contributed by atoms with Gasteiger partial charge in [0, 0.05) is 39.1 Å². The summed E-state index contributed by atoms with van der Waals surface area (Å²) in [5.41, 5.74) is 3.69. The van der Waals surface area contributed by atoms with Gasteiger partial charge >= 0.3 is 0 Å². The molecule has 7 nitrogen and oxygen atoms in total. The fourth-order valence-electron chi connectivity index (χ4n) is 3.48. The van der Waals surface area contributed by atoms with Crippen LogP contribution in [0.1, 0.15) is 30.0 Å². The van der Waals surface area contributed by atoms with Gasteiger partial charge in [0.1, 0.15) is 0 Å². The number of hydrogen-bond donors (Lipinski definition) is 2. The third-order valence-electron chi connectivity index (χ3n) is 5.06. The van der Waals surface area contributed by atoms with E-state index in [9.17, 15) is 0 Å². The molecular formula is C25H34IN5O2. The highest BCUT2D eigenvalue weighted by atomic mass is 127. The number of guanidine groups is 1. The van der Waals surface area contributed by atoms with Gasteiger partial charge in [-0.3, -0.25) is 4.99 Å². The molecule has 1 heterocycles. The lowest BCUT2D eigenvalue weighted by Gasteiger charge is -2.13. The second-order valence-corrected chi connectivity index (χ2v) is 7.43. The van der Waals surface area contributed by atoms with Crippen molar-refractivity contribution in [1.82, 2.24) is 20.2 Å². The lowest BCUT2D eigenvalue weighted by atomic mass is 10.1. The minimum atomic E-state index is 0. The number of rotatable bonds is 11. The van der Waals surface area contributed by atoms with Crippen LogP contribution in [0.4, 0.5) is 0 Å². The van der Waals surface area contributed by atoms with Crippen molar-refractivity contribution >= 4 is 29.9 Å². The molecule has 178 valence electrons. The molecule has 2 N–H and O–H groups in total. The normalized spacial score (nSPS) is 10.9. The maximum Gasteiger partial charge on any atom is 0.191 e. The number of ether oxygens (including phenoxy) is 2. The number of nitrogens with zero attached hydrogens (tertiary/aromatic N) is 3. The molecule has 8 heteroatoms. The van der Waals surface area contributed by atoms with E-state index in [0.29, 0.717) is 13.2 Å². The molecule has 3 aromatic rings. The summed E-state index contributed by atoms with van der Waals surface area (Å²) in [5, 5.41) is 6.79. The van der Waals surface area contributed by atoms with Crippen molar-refractivity contribution in [3.8, 4) is 11.5 Å². The Morgan fingerprint density at radius 3 is 2.64 bits per heavy atom. The van der Waals surface area contributed by atoms with Gasteiger partial charge < -0.3 is 24.7 Å². The van der Waals surface area contributed by atoms with Gasteiger partial charge in [-0.1, -0.05) is 30.3 Å². The van der Waals surface area contributed by atoms with E-state index in [2.05, 4.69) is 61.6 Å². The molecule has 0 radical (unpaired) electrons. The molecular weight excluding hydrogens is 529 g/mol. The summed E-state index contributed by atoms with van der Waals surface area (Å²) in [7, 11) is 3.46. The molecule has 0 amide bonds. The van der Waals surface area contributed by atoms with Crippen LogP contribution in [-0.4, -0.2) is 42.8 Å². The number of hydrogen-bond acceptors (Lipinski definition) is 4. The monoisotopic (exact) mass is 563 g/mol. The van der Waals surface area contributed by atoms with Crippen LogP contribution in [0.3, 0.4) is 0 Å². The molecule has 0 aliphatic rings. The summed E-state index contributed by atoms with van der Waals surface area (Å²) in [6.07, 6.45) is 7.54. The van der Waals surface area contributed by atoms with Gasteiger partial charge in [0.05, 0.1) is 20.0 Å². The zero-order valence-electron chi connectivity index (χ0n) is 19.6. The minimum Gasteiger partial charge on any atom is -0.493 e. The van der Waals surface area contributed by atoms with Crippen LogP contribution in [0, 0.1) is 0 Å². The quantitative estimate of drug-likeness (QED) is 0.158. The average Bonchev–Trinajstić information content (AvgIpc) is 3.32. The summed E-state index contributed by atoms with van der Waals surface area (Å²) in [6, 6.07) is 14.7. The third-order valence-corrected chi connectivity index (χ3v) is 5.06. The summed E-state index contributed by atoms with van der Waals surface area (Å²) in [4.78, 5) is 8.44. The van der Waals surface area contributed by atoms with Gasteiger partial charge in [-0.2, -0.15) is 0 Å². The van der Waals surface area contributed by atoms with Gasteiger partial charge in [-0.25, -0.2) is 4.98 Å². The highest BCUT2D eigenvalue weighted by Gasteiger charge is 2.06. The van der Waals surface area contributed by atoms with E-state index in [1.54, 1.807) is 20.4 Å². The molecule has 33 heavy (non-hydrogen) atoms. The molecule has 0 bridgehead atoms. The van der Waals surface area contributed by atoms with Gasteiger partial charge in [0.25, 0.3) is 0 Å². The molecule has 0 spiro atoms. The van der Waals surface area contributed by atoms with Crippen LogP contribution in [0.15, 0.2) is 66.2 Å². The second kappa shape index (κ2) is 14.4. The van der Waals surface area contributed by atoms with E-state index in [1.165, 1.54) is 16.7 Å². The highest BCUT2D eigenvalue weighted by Crippen LogP contribution is 2.28. The van der Waals surface area contributed by atoms with Crippen molar-refractivity contribution in [2.24, 2.45) is 4.99 Å². The standard InChI is InChI=1S/C25H33N5O2.HI/c1-4-32-24-16-20(10-11-23(24)31-3)9-6-12-28-25(26-2)29-17-21-7-5-8-22(15-21)18-30-14-13-27-19-30;/h5,7-8,10-11,13-16,19H,4,6,9,12,17-18H2,1-3H3,(H2,26,28,29);1H. The number of methoxy groups -OCH3 is 1. The predicted molar refractivity (Wildman–Crippen MR) is 144 cm³/mol. The Labute approximate surface area is 213 Å². The maximum atomic E-state index is 5.67. The molecule has 0 fully saturated rings. The minimum absolute atomic E-state index is 0. The predicted octanol–water partition coefficient (Wildman–Crippen LogP) is 4.25. The lowest BCUT2D eigenvalue weighted by Crippen LogP contribution is -2.37. The van der Waals surface area contributed by atoms with Crippen LogP contribution in [0.25, 0.3) is 0 Å². The molecule has 0 unspecified atom stereocenters. The van der Waals surface area contributed by atoms with Gasteiger partial charge in [0.15, 0.2) is 17.5 Å². The Balaban J connectivity index is 0.00000385. The van der Waals surface area contributed by atoms with E-state index >= 15 is 0 Å². The topological polar surface area (TPSA) is 72.7 Å². The van der Waals surface area contributed by atoms with Crippen LogP contribution in [0.5, 0.6) is 11.5 Å². The van der Waals surface area contributed by atoms with E-state index in [1.807, 2.05) is 25.5 Å². The van der Waals surface area contributed by atoms with Crippen LogP contribution in [-0.2, 0) is 19.5 Å². The van der Waals surface area contributed by atoms with Crippen LogP contribution >= 0.6 is 24.0 Å². The number of halogens is 1. The summed E-state index contributed by atoms with van der Waals surface area (Å²) >= 11 is 0. The van der Waals surface area contributed by atoms with Crippen molar-refractivity contribution in [3.63, 3.8) is 0 Å². The fraction of sp³-hybridized carbons (Fsp3) is 0.360. The first kappa shape index (κ1) is 26.5. The number of aliphatic imine (C=N–C) groups is 1. The Bertz CT molecular complexity index is 992. The zero-order valence-corrected chi connectivity index (χ0v) is 21.9. The number of aromatic nitrogens is 2. The Morgan fingerprint density at radius 1 is 1.06 bits per heavy atom. The molecule has 3 rings (SSSR count). The largest absolute Gasteiger partial charge is 0.493 e. The van der Waals surface area contributed by atoms with E-state index in [0.717, 1.165) is 43.4 Å². The van der Waals surface area contributed by atoms with Crippen molar-refractivity contribution in [3.05, 3.63) is 77.9 Å². The van der Waals surface area contributed by atoms with Gasteiger partial charge in [-0.15, -0.1) is 24.0 Å². The molecule has 2 aromatic carbocycles. The van der Waals surface area contributed by atoms with Gasteiger partial charge in [-0.05, 0) is 48.6 Å². The van der Waals surface area contributed by atoms with Crippen molar-refractivity contribution < 1.29 is 9.47 Å². The number of nitrogens with one attached hydrogen (secondary N) is 2. The molecule has 0 saturated heterocycles. The summed E-state index contributed by atoms with van der Waals surface area (Å²) in [5.74, 6) is 2.37. The Hall–Kier alpha value is -2.75. The first-order chi connectivity index (χ1) is 15.7. The van der Waals surface area contributed by atoms with Crippen molar-refractivity contribution in [2.75, 3.05) is 27.3 Å². The highest BCUT2D eigenvalue weighted by molar-refractivity contribution is 14.0. The van der Waals surface area contributed by atoms with Crippen LogP contribution < -0.4 is 20.1 Å². The molecule has 0 saturated carbocycles. The molecule has 0 atom stereocenters. The zero-order chi connectivity index (χ0) is 22.6. The average molecular weight is 563 g/mol. The maximum absolute atomic E-state index is 5.67. The first-order valence-corrected chi connectivity index (χ1v) is 11.0. The van der Waals surface area contributed by atoms with E-state index in [-0.39, 0.29) is 24.0 Å². The molecule has 0 aliphatic heterocycles. The number of benzene rings is 2. The summed E-state index contributed by atoms with van der Waals surface area (Å²) in [6.45, 7) is 4.96. The SMILES string of the molecule is CCOc1cc(CCCNC(=NC)NCc2cccc(Cn3ccnc3)c2)ccc1OC.I. The third kappa shape index (κ3) is 8.60. The second-order valence-electron chi connectivity index (χ2n) is 7.43.